The Bertz CT molecular complexity index is 1700. The van der Waals surface area contributed by atoms with Crippen molar-refractivity contribution in [3.8, 4) is 12.1 Å². The second-order valence-corrected chi connectivity index (χ2v) is 12.3. The number of hydrogen-bond acceptors (Lipinski definition) is 11. The standard InChI is InChI=1S/C30H33F2N11/c1-29(2,3)16-36-25-18(13-34)14-35-24-17(12-33)10-19(11-21(24)25)37-26(20-6-5-7-22-27(20)42(4)40-38-22)23-15-43(41-39-23)30(8-9-30)28(31)32/h5-7,10-11,14-15,26,28,37-41H,8-9,16H2,1-4H3,(H,35,36)/t26-/m0/s1. The highest BCUT2D eigenvalue weighted by Gasteiger charge is 2.56. The van der Waals surface area contributed by atoms with E-state index < -0.39 is 18.0 Å². The monoisotopic (exact) mass is 585 g/mol. The fraction of sp³-hybridized carbons (Fsp3) is 0.367. The fourth-order valence-electron chi connectivity index (χ4n) is 5.47. The van der Waals surface area contributed by atoms with Crippen molar-refractivity contribution in [2.24, 2.45) is 5.41 Å². The van der Waals surface area contributed by atoms with E-state index in [0.717, 1.165) is 16.9 Å². The van der Waals surface area contributed by atoms with Crippen LogP contribution >= 0.6 is 0 Å². The number of halogens is 2. The van der Waals surface area contributed by atoms with Gasteiger partial charge in [-0.3, -0.25) is 15.0 Å². The van der Waals surface area contributed by atoms with Crippen molar-refractivity contribution in [3.05, 3.63) is 65.1 Å². The summed E-state index contributed by atoms with van der Waals surface area (Å²) in [7, 11) is 1.88. The molecule has 1 atom stereocenters. The number of fused-ring (bicyclic) bond motifs is 2. The van der Waals surface area contributed by atoms with E-state index in [1.54, 1.807) is 12.3 Å². The van der Waals surface area contributed by atoms with Crippen LogP contribution in [0.1, 0.15) is 56.3 Å². The third-order valence-corrected chi connectivity index (χ3v) is 7.94. The molecule has 1 aliphatic carbocycles. The van der Waals surface area contributed by atoms with Gasteiger partial charge in [0.1, 0.15) is 17.7 Å². The van der Waals surface area contributed by atoms with Gasteiger partial charge in [-0.05, 0) is 36.5 Å². The van der Waals surface area contributed by atoms with Crippen LogP contribution in [0.25, 0.3) is 10.9 Å². The highest BCUT2D eigenvalue weighted by atomic mass is 19.3. The molecule has 6 rings (SSSR count). The maximum absolute atomic E-state index is 14.0. The van der Waals surface area contributed by atoms with Gasteiger partial charge in [0.2, 0.25) is 0 Å². The second kappa shape index (κ2) is 10.5. The van der Waals surface area contributed by atoms with E-state index in [2.05, 4.69) is 70.4 Å². The number of anilines is 4. The maximum atomic E-state index is 14.0. The van der Waals surface area contributed by atoms with Crippen molar-refractivity contribution in [1.82, 2.24) is 26.5 Å². The van der Waals surface area contributed by atoms with Gasteiger partial charge in [-0.1, -0.05) is 32.9 Å². The zero-order valence-electron chi connectivity index (χ0n) is 24.3. The van der Waals surface area contributed by atoms with E-state index in [9.17, 15) is 19.3 Å². The number of para-hydroxylation sites is 1. The third-order valence-electron chi connectivity index (χ3n) is 7.94. The van der Waals surface area contributed by atoms with Crippen molar-refractivity contribution >= 4 is 33.7 Å². The molecule has 43 heavy (non-hydrogen) atoms. The number of benzene rings is 2. The zero-order valence-corrected chi connectivity index (χ0v) is 24.3. The van der Waals surface area contributed by atoms with Crippen molar-refractivity contribution in [2.45, 2.75) is 51.6 Å². The molecule has 3 aromatic rings. The van der Waals surface area contributed by atoms with Gasteiger partial charge in [-0.25, -0.2) is 8.78 Å². The molecule has 13 heteroatoms. The van der Waals surface area contributed by atoms with Crippen LogP contribution in [-0.4, -0.2) is 35.5 Å². The summed E-state index contributed by atoms with van der Waals surface area (Å²) in [6.45, 7) is 6.86. The molecule has 222 valence electrons. The number of hydrazine groups is 4. The summed E-state index contributed by atoms with van der Waals surface area (Å²) < 4.78 is 28.0. The van der Waals surface area contributed by atoms with Crippen LogP contribution in [0.4, 0.5) is 31.5 Å². The highest BCUT2D eigenvalue weighted by molar-refractivity contribution is 5.99. The van der Waals surface area contributed by atoms with E-state index in [-0.39, 0.29) is 5.41 Å². The summed E-state index contributed by atoms with van der Waals surface area (Å²) >= 11 is 0. The Morgan fingerprint density at radius 3 is 2.53 bits per heavy atom. The SMILES string of the molecule is CN1NNc2cccc([C@H](Nc3cc(C#N)c4ncc(C#N)c(NCC(C)(C)C)c4c3)C3=CN(C4(C(F)F)CC4)NN3)c21. The summed E-state index contributed by atoms with van der Waals surface area (Å²) in [6.07, 6.45) is 1.42. The average Bonchev–Trinajstić information content (AvgIpc) is 3.50. The van der Waals surface area contributed by atoms with Gasteiger partial charge >= 0.3 is 0 Å². The number of nitrogens with zero attached hydrogens (tertiary/aromatic N) is 5. The molecule has 6 N–H and O–H groups in total. The molecule has 0 radical (unpaired) electrons. The Morgan fingerprint density at radius 2 is 1.86 bits per heavy atom. The first kappa shape index (κ1) is 28.3. The van der Waals surface area contributed by atoms with Crippen LogP contribution in [0.2, 0.25) is 0 Å². The Hall–Kier alpha value is -4.85. The first-order chi connectivity index (χ1) is 20.5. The summed E-state index contributed by atoms with van der Waals surface area (Å²) in [5, 5.41) is 30.9. The number of pyridine rings is 1. The zero-order chi connectivity index (χ0) is 30.5. The van der Waals surface area contributed by atoms with Crippen LogP contribution in [0.15, 0.2) is 48.4 Å². The number of nitrogens with one attached hydrogen (secondary N) is 6. The van der Waals surface area contributed by atoms with Crippen molar-refractivity contribution in [2.75, 3.05) is 34.7 Å². The normalized spacial score (nSPS) is 17.5. The molecule has 3 heterocycles. The summed E-state index contributed by atoms with van der Waals surface area (Å²) in [4.78, 5) is 4.45. The molecule has 11 nitrogen and oxygen atoms in total. The predicted octanol–water partition coefficient (Wildman–Crippen LogP) is 4.83. The molecule has 2 aliphatic heterocycles. The van der Waals surface area contributed by atoms with Gasteiger partial charge in [0.05, 0.1) is 45.4 Å². The largest absolute Gasteiger partial charge is 0.383 e. The van der Waals surface area contributed by atoms with E-state index >= 15 is 0 Å². The summed E-state index contributed by atoms with van der Waals surface area (Å²) in [5.74, 6) is 0. The van der Waals surface area contributed by atoms with E-state index in [0.29, 0.717) is 58.5 Å². The molecule has 1 saturated carbocycles. The van der Waals surface area contributed by atoms with E-state index in [4.69, 9.17) is 0 Å². The van der Waals surface area contributed by atoms with Gasteiger partial charge in [0.25, 0.3) is 6.43 Å². The van der Waals surface area contributed by atoms with Crippen LogP contribution < -0.4 is 37.6 Å². The van der Waals surface area contributed by atoms with E-state index in [1.165, 1.54) is 11.2 Å². The minimum Gasteiger partial charge on any atom is -0.383 e. The van der Waals surface area contributed by atoms with Gasteiger partial charge in [0, 0.05) is 42.6 Å². The molecule has 0 spiro atoms. The van der Waals surface area contributed by atoms with Gasteiger partial charge in [-0.2, -0.15) is 10.5 Å². The van der Waals surface area contributed by atoms with Crippen LogP contribution in [0.5, 0.6) is 0 Å². The summed E-state index contributed by atoms with van der Waals surface area (Å²) in [6, 6.07) is 13.3. The Balaban J connectivity index is 1.47. The van der Waals surface area contributed by atoms with Crippen molar-refractivity contribution < 1.29 is 8.78 Å². The quantitative estimate of drug-likeness (QED) is 0.217. The molecule has 0 bridgehead atoms. The molecule has 0 unspecified atom stereocenters. The van der Waals surface area contributed by atoms with Gasteiger partial charge in [-0.15, -0.1) is 11.1 Å². The third kappa shape index (κ3) is 5.07. The lowest BCUT2D eigenvalue weighted by Gasteiger charge is -2.26. The van der Waals surface area contributed by atoms with Crippen LogP contribution in [0, 0.1) is 28.1 Å². The number of aromatic nitrogens is 1. The number of nitriles is 2. The van der Waals surface area contributed by atoms with Crippen LogP contribution in [-0.2, 0) is 0 Å². The highest BCUT2D eigenvalue weighted by Crippen LogP contribution is 2.48. The van der Waals surface area contributed by atoms with Crippen molar-refractivity contribution in [3.63, 3.8) is 0 Å². The predicted molar refractivity (Wildman–Crippen MR) is 161 cm³/mol. The molecule has 1 aromatic heterocycles. The molecule has 2 aromatic carbocycles. The smallest absolute Gasteiger partial charge is 0.262 e. The molecule has 0 amide bonds. The Morgan fingerprint density at radius 1 is 1.09 bits per heavy atom. The van der Waals surface area contributed by atoms with Gasteiger partial charge < -0.3 is 21.5 Å². The minimum atomic E-state index is -2.51. The lowest BCUT2D eigenvalue weighted by Crippen LogP contribution is -2.48. The fourth-order valence-corrected chi connectivity index (χ4v) is 5.47. The molecule has 1 fully saturated rings. The summed E-state index contributed by atoms with van der Waals surface area (Å²) in [5.41, 5.74) is 16.5. The number of rotatable bonds is 8. The van der Waals surface area contributed by atoms with Crippen LogP contribution in [0.3, 0.4) is 0 Å². The van der Waals surface area contributed by atoms with Crippen molar-refractivity contribution in [1.29, 1.82) is 10.5 Å². The topological polar surface area (TPSA) is 139 Å². The lowest BCUT2D eigenvalue weighted by molar-refractivity contribution is 0.00911. The Kier molecular flexibility index (Phi) is 6.87. The Labute approximate surface area is 248 Å². The second-order valence-electron chi connectivity index (χ2n) is 12.3. The molecular weight excluding hydrogens is 552 g/mol. The lowest BCUT2D eigenvalue weighted by atomic mass is 9.96. The minimum absolute atomic E-state index is 0.0697. The molecule has 3 aliphatic rings. The van der Waals surface area contributed by atoms with E-state index in [1.807, 2.05) is 36.3 Å². The number of hydrogen-bond donors (Lipinski definition) is 6. The average molecular weight is 586 g/mol. The molecule has 0 saturated heterocycles. The molecular formula is C30H33F2N11. The first-order valence-corrected chi connectivity index (χ1v) is 14.0. The number of alkyl halides is 2. The maximum Gasteiger partial charge on any atom is 0.262 e. The first-order valence-electron chi connectivity index (χ1n) is 14.0. The van der Waals surface area contributed by atoms with Gasteiger partial charge in [0.15, 0.2) is 0 Å².